The number of hydrogen-bond acceptors (Lipinski definition) is 4. The normalized spacial score (nSPS) is 14.5. The van der Waals surface area contributed by atoms with Gasteiger partial charge in [-0.2, -0.15) is 0 Å². The highest BCUT2D eigenvalue weighted by Gasteiger charge is 2.24. The molecule has 2 aromatic carbocycles. The minimum Gasteiger partial charge on any atom is -0.485 e. The Balaban J connectivity index is 1.43. The molecular formula is C24H22N2O2S. The van der Waals surface area contributed by atoms with Crippen molar-refractivity contribution in [2.24, 2.45) is 0 Å². The molecule has 5 heteroatoms. The Kier molecular flexibility index (Phi) is 4.90. The van der Waals surface area contributed by atoms with Gasteiger partial charge in [0.15, 0.2) is 5.75 Å². The summed E-state index contributed by atoms with van der Waals surface area (Å²) in [7, 11) is 0. The van der Waals surface area contributed by atoms with Crippen molar-refractivity contribution in [3.05, 3.63) is 71.2 Å². The van der Waals surface area contributed by atoms with Gasteiger partial charge in [-0.05, 0) is 37.1 Å². The van der Waals surface area contributed by atoms with Gasteiger partial charge in [-0.1, -0.05) is 49.2 Å². The fourth-order valence-corrected chi connectivity index (χ4v) is 5.02. The molecule has 5 rings (SSSR count). The molecule has 1 amide bonds. The lowest BCUT2D eigenvalue weighted by molar-refractivity contribution is 0.0938. The molecular weight excluding hydrogens is 380 g/mol. The van der Waals surface area contributed by atoms with Crippen LogP contribution >= 0.6 is 11.3 Å². The van der Waals surface area contributed by atoms with E-state index in [4.69, 9.17) is 9.72 Å². The second-order valence-electron chi connectivity index (χ2n) is 7.50. The van der Waals surface area contributed by atoms with Crippen LogP contribution in [0, 0.1) is 0 Å². The summed E-state index contributed by atoms with van der Waals surface area (Å²) in [5, 5.41) is 5.28. The van der Waals surface area contributed by atoms with Crippen LogP contribution in [0.3, 0.4) is 0 Å². The SMILES string of the molecule is O=C(NC1CCCC1)c1sc2ccccc2c1OCc1ccc2ccccc2n1. The van der Waals surface area contributed by atoms with Gasteiger partial charge < -0.3 is 10.1 Å². The molecule has 2 heterocycles. The van der Waals surface area contributed by atoms with E-state index in [0.717, 1.165) is 39.5 Å². The number of rotatable bonds is 5. The second-order valence-corrected chi connectivity index (χ2v) is 8.55. The molecule has 2 aromatic heterocycles. The summed E-state index contributed by atoms with van der Waals surface area (Å²) in [6.45, 7) is 0.329. The highest BCUT2D eigenvalue weighted by molar-refractivity contribution is 7.21. The first-order valence-electron chi connectivity index (χ1n) is 10.1. The number of ether oxygens (including phenoxy) is 1. The van der Waals surface area contributed by atoms with Crippen LogP contribution in [0.4, 0.5) is 0 Å². The van der Waals surface area contributed by atoms with Gasteiger partial charge in [0.25, 0.3) is 5.91 Å². The van der Waals surface area contributed by atoms with Gasteiger partial charge in [-0.3, -0.25) is 4.79 Å². The van der Waals surface area contributed by atoms with E-state index in [1.54, 1.807) is 0 Å². The first-order valence-corrected chi connectivity index (χ1v) is 10.9. The maximum absolute atomic E-state index is 13.0. The van der Waals surface area contributed by atoms with Crippen molar-refractivity contribution in [3.63, 3.8) is 0 Å². The Morgan fingerprint density at radius 1 is 1.03 bits per heavy atom. The van der Waals surface area contributed by atoms with Crippen LogP contribution in [0.15, 0.2) is 60.7 Å². The van der Waals surface area contributed by atoms with Crippen molar-refractivity contribution in [2.45, 2.75) is 38.3 Å². The van der Waals surface area contributed by atoms with Crippen molar-refractivity contribution >= 4 is 38.2 Å². The Labute approximate surface area is 173 Å². The fourth-order valence-electron chi connectivity index (χ4n) is 3.97. The zero-order chi connectivity index (χ0) is 19.6. The zero-order valence-electron chi connectivity index (χ0n) is 16.1. The molecule has 1 fully saturated rings. The predicted octanol–water partition coefficient (Wildman–Crippen LogP) is 5.70. The molecule has 1 N–H and O–H groups in total. The maximum atomic E-state index is 13.0. The summed E-state index contributed by atoms with van der Waals surface area (Å²) in [6.07, 6.45) is 4.50. The number of carbonyl (C=O) groups is 1. The lowest BCUT2D eigenvalue weighted by Crippen LogP contribution is -2.32. The van der Waals surface area contributed by atoms with Crippen LogP contribution in [0.5, 0.6) is 5.75 Å². The van der Waals surface area contributed by atoms with E-state index in [1.807, 2.05) is 54.6 Å². The molecule has 146 valence electrons. The fraction of sp³-hybridized carbons (Fsp3) is 0.250. The van der Waals surface area contributed by atoms with Crippen LogP contribution in [-0.4, -0.2) is 16.9 Å². The summed E-state index contributed by atoms with van der Waals surface area (Å²) in [5.41, 5.74) is 1.80. The first kappa shape index (κ1) is 18.1. The molecule has 0 saturated heterocycles. The number of nitrogens with one attached hydrogen (secondary N) is 1. The Morgan fingerprint density at radius 2 is 1.83 bits per heavy atom. The van der Waals surface area contributed by atoms with E-state index in [9.17, 15) is 4.79 Å². The van der Waals surface area contributed by atoms with E-state index in [0.29, 0.717) is 17.2 Å². The van der Waals surface area contributed by atoms with E-state index >= 15 is 0 Å². The highest BCUT2D eigenvalue weighted by atomic mass is 32.1. The molecule has 4 aromatic rings. The van der Waals surface area contributed by atoms with Crippen LogP contribution in [0.1, 0.15) is 41.0 Å². The summed E-state index contributed by atoms with van der Waals surface area (Å²) in [4.78, 5) is 18.3. The molecule has 1 saturated carbocycles. The third-order valence-corrected chi connectivity index (χ3v) is 6.62. The minimum absolute atomic E-state index is 0.0282. The summed E-state index contributed by atoms with van der Waals surface area (Å²) in [5.74, 6) is 0.635. The van der Waals surface area contributed by atoms with E-state index in [-0.39, 0.29) is 11.9 Å². The largest absolute Gasteiger partial charge is 0.485 e. The number of fused-ring (bicyclic) bond motifs is 2. The predicted molar refractivity (Wildman–Crippen MR) is 118 cm³/mol. The Hall–Kier alpha value is -2.92. The number of amides is 1. The third kappa shape index (κ3) is 3.70. The van der Waals surface area contributed by atoms with Crippen molar-refractivity contribution < 1.29 is 9.53 Å². The molecule has 0 spiro atoms. The quantitative estimate of drug-likeness (QED) is 0.466. The van der Waals surface area contributed by atoms with Gasteiger partial charge >= 0.3 is 0 Å². The van der Waals surface area contributed by atoms with Crippen molar-refractivity contribution in [3.8, 4) is 5.75 Å². The van der Waals surface area contributed by atoms with E-state index < -0.39 is 0 Å². The number of benzene rings is 2. The van der Waals surface area contributed by atoms with Gasteiger partial charge in [0, 0.05) is 21.5 Å². The lowest BCUT2D eigenvalue weighted by Gasteiger charge is -2.13. The van der Waals surface area contributed by atoms with E-state index in [1.165, 1.54) is 24.2 Å². The third-order valence-electron chi connectivity index (χ3n) is 5.47. The second kappa shape index (κ2) is 7.84. The van der Waals surface area contributed by atoms with Crippen molar-refractivity contribution in [1.82, 2.24) is 10.3 Å². The lowest BCUT2D eigenvalue weighted by atomic mass is 10.2. The summed E-state index contributed by atoms with van der Waals surface area (Å²) >= 11 is 1.50. The van der Waals surface area contributed by atoms with Crippen molar-refractivity contribution in [1.29, 1.82) is 0 Å². The molecule has 0 unspecified atom stereocenters. The zero-order valence-corrected chi connectivity index (χ0v) is 16.9. The Bertz CT molecular complexity index is 1180. The molecule has 1 aliphatic rings. The van der Waals surface area contributed by atoms with Gasteiger partial charge in [0.1, 0.15) is 11.5 Å². The molecule has 0 bridgehead atoms. The molecule has 0 radical (unpaired) electrons. The number of nitrogens with zero attached hydrogens (tertiary/aromatic N) is 1. The van der Waals surface area contributed by atoms with E-state index in [2.05, 4.69) is 11.4 Å². The summed E-state index contributed by atoms with van der Waals surface area (Å²) < 4.78 is 7.26. The number of aromatic nitrogens is 1. The van der Waals surface area contributed by atoms with Crippen LogP contribution in [-0.2, 0) is 6.61 Å². The minimum atomic E-state index is -0.0282. The molecule has 0 aliphatic heterocycles. The van der Waals surface area contributed by atoms with Gasteiger partial charge in [-0.25, -0.2) is 4.98 Å². The smallest absolute Gasteiger partial charge is 0.265 e. The van der Waals surface area contributed by atoms with Gasteiger partial charge in [0.2, 0.25) is 0 Å². The van der Waals surface area contributed by atoms with Crippen molar-refractivity contribution in [2.75, 3.05) is 0 Å². The van der Waals surface area contributed by atoms with Crippen LogP contribution < -0.4 is 10.1 Å². The average Bonchev–Trinajstić information content (AvgIpc) is 3.39. The summed E-state index contributed by atoms with van der Waals surface area (Å²) in [6, 6.07) is 20.4. The standard InChI is InChI=1S/C24H22N2O2S/c27-24(26-17-8-2-3-9-17)23-22(19-10-4-6-12-21(19)29-23)28-15-18-14-13-16-7-1-5-11-20(16)25-18/h1,4-7,10-14,17H,2-3,8-9,15H2,(H,26,27). The maximum Gasteiger partial charge on any atom is 0.265 e. The molecule has 4 nitrogen and oxygen atoms in total. The Morgan fingerprint density at radius 3 is 2.72 bits per heavy atom. The average molecular weight is 403 g/mol. The van der Waals surface area contributed by atoms with Crippen LogP contribution in [0.2, 0.25) is 0 Å². The molecule has 0 atom stereocenters. The van der Waals surface area contributed by atoms with Crippen LogP contribution in [0.25, 0.3) is 21.0 Å². The number of para-hydroxylation sites is 1. The number of hydrogen-bond donors (Lipinski definition) is 1. The first-order chi connectivity index (χ1) is 14.3. The van der Waals surface area contributed by atoms with Gasteiger partial charge in [-0.15, -0.1) is 11.3 Å². The highest BCUT2D eigenvalue weighted by Crippen LogP contribution is 2.38. The topological polar surface area (TPSA) is 51.2 Å². The number of thiophene rings is 1. The van der Waals surface area contributed by atoms with Gasteiger partial charge in [0.05, 0.1) is 11.2 Å². The number of pyridine rings is 1. The molecule has 1 aliphatic carbocycles. The molecule has 29 heavy (non-hydrogen) atoms. The monoisotopic (exact) mass is 402 g/mol. The number of carbonyl (C=O) groups excluding carboxylic acids is 1.